The summed E-state index contributed by atoms with van der Waals surface area (Å²) in [5, 5.41) is 6.14. The van der Waals surface area contributed by atoms with E-state index in [0.29, 0.717) is 5.02 Å². The van der Waals surface area contributed by atoms with Crippen LogP contribution >= 0.6 is 22.9 Å². The molecule has 0 saturated heterocycles. The van der Waals surface area contributed by atoms with E-state index in [0.717, 1.165) is 24.3 Å². The number of hydrogen-bond donors (Lipinski definition) is 2. The third kappa shape index (κ3) is 3.14. The van der Waals surface area contributed by atoms with Gasteiger partial charge in [-0.2, -0.15) is 0 Å². The highest BCUT2D eigenvalue weighted by Gasteiger charge is 2.02. The van der Waals surface area contributed by atoms with Crippen LogP contribution in [-0.2, 0) is 6.42 Å². The first-order chi connectivity index (χ1) is 8.16. The molecule has 17 heavy (non-hydrogen) atoms. The first-order valence-corrected chi connectivity index (χ1v) is 6.74. The highest BCUT2D eigenvalue weighted by Crippen LogP contribution is 2.23. The number of nitrogens with one attached hydrogen (secondary N) is 1. The molecule has 4 heteroatoms. The molecule has 2 rings (SSSR count). The van der Waals surface area contributed by atoms with Crippen molar-refractivity contribution < 1.29 is 0 Å². The van der Waals surface area contributed by atoms with Crippen LogP contribution in [0.1, 0.15) is 10.4 Å². The molecular formula is C13H15ClN2S. The van der Waals surface area contributed by atoms with Crippen molar-refractivity contribution >= 4 is 34.3 Å². The molecule has 90 valence electrons. The molecule has 0 fully saturated rings. The van der Waals surface area contributed by atoms with Crippen LogP contribution in [0.2, 0.25) is 5.02 Å². The molecule has 0 saturated carbocycles. The number of rotatable bonds is 4. The van der Waals surface area contributed by atoms with Gasteiger partial charge in [0, 0.05) is 16.4 Å². The Labute approximate surface area is 110 Å². The van der Waals surface area contributed by atoms with E-state index >= 15 is 0 Å². The first-order valence-electron chi connectivity index (χ1n) is 5.48. The molecule has 0 bridgehead atoms. The SMILES string of the molecule is Cc1ccsc1CCNc1cc(Cl)ccc1N. The summed E-state index contributed by atoms with van der Waals surface area (Å²) in [4.78, 5) is 1.41. The maximum Gasteiger partial charge on any atom is 0.0588 e. The summed E-state index contributed by atoms with van der Waals surface area (Å²) in [7, 11) is 0. The summed E-state index contributed by atoms with van der Waals surface area (Å²) >= 11 is 7.72. The van der Waals surface area contributed by atoms with E-state index in [9.17, 15) is 0 Å². The summed E-state index contributed by atoms with van der Waals surface area (Å²) in [5.74, 6) is 0. The largest absolute Gasteiger partial charge is 0.397 e. The van der Waals surface area contributed by atoms with E-state index in [1.807, 2.05) is 12.1 Å². The molecule has 1 aromatic heterocycles. The summed E-state index contributed by atoms with van der Waals surface area (Å²) in [6, 6.07) is 7.62. The molecule has 2 nitrogen and oxygen atoms in total. The lowest BCUT2D eigenvalue weighted by atomic mass is 10.2. The molecule has 0 aliphatic rings. The highest BCUT2D eigenvalue weighted by molar-refractivity contribution is 7.10. The number of nitrogens with two attached hydrogens (primary N) is 1. The number of aryl methyl sites for hydroxylation is 1. The van der Waals surface area contributed by atoms with Crippen molar-refractivity contribution in [2.75, 3.05) is 17.6 Å². The zero-order chi connectivity index (χ0) is 12.3. The summed E-state index contributed by atoms with van der Waals surface area (Å²) in [6.07, 6.45) is 1.01. The van der Waals surface area contributed by atoms with Crippen molar-refractivity contribution in [3.63, 3.8) is 0 Å². The quantitative estimate of drug-likeness (QED) is 0.823. The zero-order valence-corrected chi connectivity index (χ0v) is 11.2. The third-order valence-corrected chi connectivity index (χ3v) is 3.97. The fourth-order valence-corrected chi connectivity index (χ4v) is 2.73. The van der Waals surface area contributed by atoms with E-state index in [-0.39, 0.29) is 0 Å². The van der Waals surface area contributed by atoms with Crippen LogP contribution in [0.25, 0.3) is 0 Å². The van der Waals surface area contributed by atoms with E-state index in [1.54, 1.807) is 17.4 Å². The van der Waals surface area contributed by atoms with Crippen LogP contribution in [-0.4, -0.2) is 6.54 Å². The normalized spacial score (nSPS) is 10.5. The Morgan fingerprint density at radius 2 is 2.18 bits per heavy atom. The van der Waals surface area contributed by atoms with Gasteiger partial charge in [0.2, 0.25) is 0 Å². The maximum atomic E-state index is 5.93. The molecule has 0 spiro atoms. The minimum Gasteiger partial charge on any atom is -0.397 e. The second-order valence-corrected chi connectivity index (χ2v) is 5.37. The number of nitrogen functional groups attached to an aromatic ring is 1. The monoisotopic (exact) mass is 266 g/mol. The van der Waals surface area contributed by atoms with Crippen LogP contribution in [0.3, 0.4) is 0 Å². The minimum absolute atomic E-state index is 0.703. The topological polar surface area (TPSA) is 38.0 Å². The van der Waals surface area contributed by atoms with E-state index in [2.05, 4.69) is 23.7 Å². The van der Waals surface area contributed by atoms with Gasteiger partial charge in [-0.05, 0) is 48.6 Å². The average molecular weight is 267 g/mol. The molecule has 1 aromatic carbocycles. The maximum absolute atomic E-state index is 5.93. The lowest BCUT2D eigenvalue weighted by Crippen LogP contribution is -2.06. The van der Waals surface area contributed by atoms with Crippen molar-refractivity contribution in [1.82, 2.24) is 0 Å². The van der Waals surface area contributed by atoms with Crippen molar-refractivity contribution in [3.8, 4) is 0 Å². The predicted octanol–water partition coefficient (Wildman–Crippen LogP) is 3.95. The van der Waals surface area contributed by atoms with Gasteiger partial charge < -0.3 is 11.1 Å². The lowest BCUT2D eigenvalue weighted by Gasteiger charge is -2.09. The Balaban J connectivity index is 1.94. The second kappa shape index (κ2) is 5.43. The Kier molecular flexibility index (Phi) is 3.92. The van der Waals surface area contributed by atoms with Gasteiger partial charge in [-0.15, -0.1) is 11.3 Å². The highest BCUT2D eigenvalue weighted by atomic mass is 35.5. The van der Waals surface area contributed by atoms with Gasteiger partial charge in [0.25, 0.3) is 0 Å². The van der Waals surface area contributed by atoms with Crippen molar-refractivity contribution in [2.24, 2.45) is 0 Å². The minimum atomic E-state index is 0.703. The molecule has 0 atom stereocenters. The summed E-state index contributed by atoms with van der Waals surface area (Å²) < 4.78 is 0. The van der Waals surface area contributed by atoms with E-state index in [1.165, 1.54) is 10.4 Å². The van der Waals surface area contributed by atoms with Crippen molar-refractivity contribution in [3.05, 3.63) is 45.1 Å². The van der Waals surface area contributed by atoms with Crippen LogP contribution in [0.4, 0.5) is 11.4 Å². The van der Waals surface area contributed by atoms with Crippen LogP contribution < -0.4 is 11.1 Å². The Bertz CT molecular complexity index is 508. The molecule has 0 aliphatic heterocycles. The van der Waals surface area contributed by atoms with Gasteiger partial charge in [-0.3, -0.25) is 0 Å². The summed E-state index contributed by atoms with van der Waals surface area (Å²) in [6.45, 7) is 3.01. The molecule has 0 radical (unpaired) electrons. The molecule has 0 amide bonds. The lowest BCUT2D eigenvalue weighted by molar-refractivity contribution is 1.03. The van der Waals surface area contributed by atoms with E-state index < -0.39 is 0 Å². The van der Waals surface area contributed by atoms with Crippen molar-refractivity contribution in [1.29, 1.82) is 0 Å². The number of hydrogen-bond acceptors (Lipinski definition) is 3. The summed E-state index contributed by atoms with van der Waals surface area (Å²) in [5.41, 5.74) is 8.86. The van der Waals surface area contributed by atoms with Crippen molar-refractivity contribution in [2.45, 2.75) is 13.3 Å². The van der Waals surface area contributed by atoms with Crippen LogP contribution in [0, 0.1) is 6.92 Å². The molecule has 2 aromatic rings. The molecule has 0 aliphatic carbocycles. The van der Waals surface area contributed by atoms with Gasteiger partial charge in [0.15, 0.2) is 0 Å². The molecule has 3 N–H and O–H groups in total. The number of anilines is 2. The zero-order valence-electron chi connectivity index (χ0n) is 9.66. The van der Waals surface area contributed by atoms with Gasteiger partial charge in [0.1, 0.15) is 0 Å². The van der Waals surface area contributed by atoms with E-state index in [4.69, 9.17) is 17.3 Å². The number of benzene rings is 1. The fourth-order valence-electron chi connectivity index (χ4n) is 1.65. The Hall–Kier alpha value is -1.19. The van der Waals surface area contributed by atoms with Gasteiger partial charge >= 0.3 is 0 Å². The Morgan fingerprint density at radius 1 is 1.35 bits per heavy atom. The smallest absolute Gasteiger partial charge is 0.0588 e. The standard InChI is InChI=1S/C13H15ClN2S/c1-9-5-7-17-13(9)4-6-16-12-8-10(14)2-3-11(12)15/h2-3,5,7-8,16H,4,6,15H2,1H3. The van der Waals surface area contributed by atoms with Gasteiger partial charge in [-0.25, -0.2) is 0 Å². The molecule has 1 heterocycles. The Morgan fingerprint density at radius 3 is 2.88 bits per heavy atom. The number of halogens is 1. The van der Waals surface area contributed by atoms with Crippen LogP contribution in [0.5, 0.6) is 0 Å². The average Bonchev–Trinajstić information content (AvgIpc) is 2.70. The first kappa shape index (κ1) is 12.3. The third-order valence-electron chi connectivity index (χ3n) is 2.65. The molecule has 0 unspecified atom stereocenters. The predicted molar refractivity (Wildman–Crippen MR) is 77.1 cm³/mol. The van der Waals surface area contributed by atoms with Crippen LogP contribution in [0.15, 0.2) is 29.6 Å². The fraction of sp³-hybridized carbons (Fsp3) is 0.231. The number of thiophene rings is 1. The molecular weight excluding hydrogens is 252 g/mol. The van der Waals surface area contributed by atoms with Gasteiger partial charge in [0.05, 0.1) is 11.4 Å². The van der Waals surface area contributed by atoms with Gasteiger partial charge in [-0.1, -0.05) is 11.6 Å². The second-order valence-electron chi connectivity index (χ2n) is 3.94.